The molecule has 0 amide bonds. The highest BCUT2D eigenvalue weighted by Crippen LogP contribution is 2.32. The maximum Gasteiger partial charge on any atom is 0.184 e. The molecule has 0 fully saturated rings. The normalized spacial score (nSPS) is 11.0. The van der Waals surface area contributed by atoms with Gasteiger partial charge in [-0.2, -0.15) is 0 Å². The summed E-state index contributed by atoms with van der Waals surface area (Å²) >= 11 is 7.51. The van der Waals surface area contributed by atoms with Crippen molar-refractivity contribution in [1.82, 2.24) is 5.16 Å². The minimum absolute atomic E-state index is 0.675. The molecule has 0 atom stereocenters. The van der Waals surface area contributed by atoms with E-state index in [1.165, 1.54) is 0 Å². The van der Waals surface area contributed by atoms with Crippen LogP contribution < -0.4 is 0 Å². The molecule has 74 valence electrons. The highest BCUT2D eigenvalue weighted by molar-refractivity contribution is 7.13. The van der Waals surface area contributed by atoms with Gasteiger partial charge in [-0.15, -0.1) is 11.3 Å². The van der Waals surface area contributed by atoms with Crippen LogP contribution in [0.4, 0.5) is 0 Å². The van der Waals surface area contributed by atoms with Crippen LogP contribution in [0, 0.1) is 0 Å². The van der Waals surface area contributed by atoms with Gasteiger partial charge in [-0.1, -0.05) is 22.8 Å². The van der Waals surface area contributed by atoms with Gasteiger partial charge in [0, 0.05) is 5.02 Å². The third kappa shape index (κ3) is 1.44. The highest BCUT2D eigenvalue weighted by atomic mass is 35.5. The lowest BCUT2D eigenvalue weighted by molar-refractivity contribution is 0.442. The first-order chi connectivity index (χ1) is 7.34. The van der Waals surface area contributed by atoms with Crippen LogP contribution in [-0.2, 0) is 0 Å². The molecule has 0 bridgehead atoms. The van der Waals surface area contributed by atoms with Crippen molar-refractivity contribution in [3.63, 3.8) is 0 Å². The van der Waals surface area contributed by atoms with Crippen molar-refractivity contribution < 1.29 is 4.52 Å². The van der Waals surface area contributed by atoms with E-state index in [-0.39, 0.29) is 0 Å². The Kier molecular flexibility index (Phi) is 2.01. The Morgan fingerprint density at radius 1 is 1.27 bits per heavy atom. The SMILES string of the molecule is Clc1ccc2c(-c3cccs3)onc2c1. The standard InChI is InChI=1S/C11H6ClNOS/c12-7-3-4-8-9(6-7)13-14-11(8)10-2-1-5-15-10/h1-6H. The van der Waals surface area contributed by atoms with Crippen molar-refractivity contribution in [3.05, 3.63) is 40.7 Å². The Balaban J connectivity index is 2.29. The fourth-order valence-electron chi connectivity index (χ4n) is 1.50. The predicted molar refractivity (Wildman–Crippen MR) is 62.3 cm³/mol. The molecular formula is C11H6ClNOS. The molecule has 0 spiro atoms. The first-order valence-electron chi connectivity index (χ1n) is 4.43. The fraction of sp³-hybridized carbons (Fsp3) is 0. The zero-order chi connectivity index (χ0) is 10.3. The van der Waals surface area contributed by atoms with E-state index < -0.39 is 0 Å². The number of halogens is 1. The molecule has 0 aliphatic heterocycles. The monoisotopic (exact) mass is 235 g/mol. The molecule has 0 saturated heterocycles. The number of hydrogen-bond acceptors (Lipinski definition) is 3. The summed E-state index contributed by atoms with van der Waals surface area (Å²) in [5.41, 5.74) is 0.797. The second kappa shape index (κ2) is 3.36. The number of thiophene rings is 1. The molecule has 0 N–H and O–H groups in total. The Morgan fingerprint density at radius 2 is 2.20 bits per heavy atom. The Morgan fingerprint density at radius 3 is 3.00 bits per heavy atom. The summed E-state index contributed by atoms with van der Waals surface area (Å²) in [6.07, 6.45) is 0. The summed E-state index contributed by atoms with van der Waals surface area (Å²) in [6, 6.07) is 9.59. The summed E-state index contributed by atoms with van der Waals surface area (Å²) in [5.74, 6) is 0.816. The van der Waals surface area contributed by atoms with E-state index in [9.17, 15) is 0 Å². The van der Waals surface area contributed by atoms with Crippen molar-refractivity contribution in [2.75, 3.05) is 0 Å². The van der Waals surface area contributed by atoms with Gasteiger partial charge in [0.15, 0.2) is 5.76 Å². The van der Waals surface area contributed by atoms with Crippen LogP contribution in [-0.4, -0.2) is 5.16 Å². The Bertz CT molecular complexity index is 600. The van der Waals surface area contributed by atoms with Crippen LogP contribution in [0.1, 0.15) is 0 Å². The molecule has 2 heterocycles. The van der Waals surface area contributed by atoms with Gasteiger partial charge in [0.05, 0.1) is 10.3 Å². The average molecular weight is 236 g/mol. The van der Waals surface area contributed by atoms with Crippen molar-refractivity contribution in [2.24, 2.45) is 0 Å². The minimum Gasteiger partial charge on any atom is -0.354 e. The molecule has 3 rings (SSSR count). The summed E-state index contributed by atoms with van der Waals surface area (Å²) in [7, 11) is 0. The number of hydrogen-bond donors (Lipinski definition) is 0. The summed E-state index contributed by atoms with van der Waals surface area (Å²) in [5, 5.41) is 7.67. The molecule has 1 aromatic carbocycles. The van der Waals surface area contributed by atoms with Crippen molar-refractivity contribution in [3.8, 4) is 10.6 Å². The smallest absolute Gasteiger partial charge is 0.184 e. The number of rotatable bonds is 1. The highest BCUT2D eigenvalue weighted by Gasteiger charge is 2.11. The van der Waals surface area contributed by atoms with Gasteiger partial charge in [0.2, 0.25) is 0 Å². The zero-order valence-corrected chi connectivity index (χ0v) is 9.18. The van der Waals surface area contributed by atoms with E-state index in [0.29, 0.717) is 5.02 Å². The van der Waals surface area contributed by atoms with Crippen LogP contribution in [0.15, 0.2) is 40.2 Å². The van der Waals surface area contributed by atoms with Crippen LogP contribution in [0.2, 0.25) is 5.02 Å². The molecule has 0 saturated carbocycles. The second-order valence-corrected chi connectivity index (χ2v) is 4.53. The van der Waals surface area contributed by atoms with Crippen LogP contribution in [0.25, 0.3) is 21.5 Å². The third-order valence-corrected chi connectivity index (χ3v) is 3.29. The van der Waals surface area contributed by atoms with Gasteiger partial charge in [0.25, 0.3) is 0 Å². The lowest BCUT2D eigenvalue weighted by atomic mass is 10.2. The van der Waals surface area contributed by atoms with Gasteiger partial charge in [-0.25, -0.2) is 0 Å². The maximum atomic E-state index is 5.87. The van der Waals surface area contributed by atoms with Crippen LogP contribution in [0.5, 0.6) is 0 Å². The van der Waals surface area contributed by atoms with Gasteiger partial charge < -0.3 is 4.52 Å². The number of nitrogens with zero attached hydrogens (tertiary/aromatic N) is 1. The van der Waals surface area contributed by atoms with Gasteiger partial charge in [-0.3, -0.25) is 0 Å². The number of benzene rings is 1. The molecule has 0 unspecified atom stereocenters. The molecule has 0 radical (unpaired) electrons. The van der Waals surface area contributed by atoms with Gasteiger partial charge in [-0.05, 0) is 29.6 Å². The fourth-order valence-corrected chi connectivity index (χ4v) is 2.38. The summed E-state index contributed by atoms with van der Waals surface area (Å²) in [6.45, 7) is 0. The van der Waals surface area contributed by atoms with Crippen molar-refractivity contribution in [2.45, 2.75) is 0 Å². The van der Waals surface area contributed by atoms with E-state index in [1.807, 2.05) is 29.6 Å². The van der Waals surface area contributed by atoms with Gasteiger partial charge >= 0.3 is 0 Å². The van der Waals surface area contributed by atoms with E-state index >= 15 is 0 Å². The molecule has 0 aliphatic rings. The first-order valence-corrected chi connectivity index (χ1v) is 5.69. The number of aromatic nitrogens is 1. The molecule has 2 nitrogen and oxygen atoms in total. The lowest BCUT2D eigenvalue weighted by Crippen LogP contribution is -1.69. The molecule has 3 aromatic rings. The average Bonchev–Trinajstić information content (AvgIpc) is 2.82. The second-order valence-electron chi connectivity index (χ2n) is 3.15. The third-order valence-electron chi connectivity index (χ3n) is 2.18. The number of fused-ring (bicyclic) bond motifs is 1. The Labute approximate surface area is 95.1 Å². The molecular weight excluding hydrogens is 230 g/mol. The van der Waals surface area contributed by atoms with Gasteiger partial charge in [0.1, 0.15) is 5.52 Å². The van der Waals surface area contributed by atoms with Crippen molar-refractivity contribution in [1.29, 1.82) is 0 Å². The van der Waals surface area contributed by atoms with Crippen LogP contribution >= 0.6 is 22.9 Å². The van der Waals surface area contributed by atoms with Crippen LogP contribution in [0.3, 0.4) is 0 Å². The maximum absolute atomic E-state index is 5.87. The molecule has 2 aromatic heterocycles. The topological polar surface area (TPSA) is 26.0 Å². The summed E-state index contributed by atoms with van der Waals surface area (Å²) < 4.78 is 5.32. The minimum atomic E-state index is 0.675. The molecule has 15 heavy (non-hydrogen) atoms. The zero-order valence-electron chi connectivity index (χ0n) is 7.61. The Hall–Kier alpha value is -1.32. The van der Waals surface area contributed by atoms with E-state index in [4.69, 9.17) is 16.1 Å². The molecule has 0 aliphatic carbocycles. The van der Waals surface area contributed by atoms with Crippen molar-refractivity contribution >= 4 is 33.8 Å². The predicted octanol–water partition coefficient (Wildman–Crippen LogP) is 4.21. The largest absolute Gasteiger partial charge is 0.354 e. The summed E-state index contributed by atoms with van der Waals surface area (Å²) in [4.78, 5) is 1.08. The lowest BCUT2D eigenvalue weighted by Gasteiger charge is -1.91. The molecule has 4 heteroatoms. The first kappa shape index (κ1) is 8.95. The van der Waals surface area contributed by atoms with E-state index in [1.54, 1.807) is 17.4 Å². The van der Waals surface area contributed by atoms with E-state index in [2.05, 4.69) is 5.16 Å². The quantitative estimate of drug-likeness (QED) is 0.632. The van der Waals surface area contributed by atoms with E-state index in [0.717, 1.165) is 21.5 Å².